The van der Waals surface area contributed by atoms with Gasteiger partial charge in [0.15, 0.2) is 0 Å². The van der Waals surface area contributed by atoms with Gasteiger partial charge < -0.3 is 18.6 Å². The van der Waals surface area contributed by atoms with E-state index in [1.54, 1.807) is 36.3 Å². The van der Waals surface area contributed by atoms with E-state index in [0.29, 0.717) is 13.2 Å². The molecule has 0 saturated carbocycles. The molecule has 0 N–H and O–H groups in total. The summed E-state index contributed by atoms with van der Waals surface area (Å²) in [6, 6.07) is 10.0. The van der Waals surface area contributed by atoms with Gasteiger partial charge in [0, 0.05) is 66.5 Å². The van der Waals surface area contributed by atoms with Crippen molar-refractivity contribution in [1.29, 1.82) is 0 Å². The molecule has 1 aliphatic rings. The van der Waals surface area contributed by atoms with Crippen molar-refractivity contribution < 1.29 is 14.0 Å². The van der Waals surface area contributed by atoms with Gasteiger partial charge in [-0.25, -0.2) is 0 Å². The Morgan fingerprint density at radius 1 is 1.16 bits per heavy atom. The van der Waals surface area contributed by atoms with Gasteiger partial charge in [-0.05, 0) is 23.8 Å². The minimum Gasteiger partial charge on any atom is -0.598 e. The zero-order chi connectivity index (χ0) is 22.7. The molecule has 1 unspecified atom stereocenters. The highest BCUT2D eigenvalue weighted by molar-refractivity contribution is 7.88. The van der Waals surface area contributed by atoms with E-state index in [1.165, 1.54) is 4.88 Å². The van der Waals surface area contributed by atoms with Gasteiger partial charge in [-0.15, -0.1) is 15.6 Å². The Morgan fingerprint density at radius 3 is 2.66 bits per heavy atom. The lowest BCUT2D eigenvalue weighted by molar-refractivity contribution is 0.146. The summed E-state index contributed by atoms with van der Waals surface area (Å²) in [5, 5.41) is 0.754. The Morgan fingerprint density at radius 2 is 1.94 bits per heavy atom. The molecule has 1 atom stereocenters. The number of aryl methyl sites for hydroxylation is 1. The third-order valence-corrected chi connectivity index (χ3v) is 7.92. The molecule has 1 aliphatic heterocycles. The smallest absolute Gasteiger partial charge is 0.259 e. The van der Waals surface area contributed by atoms with Crippen LogP contribution in [-0.2, 0) is 29.7 Å². The first-order chi connectivity index (χ1) is 15.5. The number of methoxy groups -OCH3 is 1. The molecule has 1 saturated heterocycles. The fourth-order valence-corrected chi connectivity index (χ4v) is 5.85. The van der Waals surface area contributed by atoms with Gasteiger partial charge in [0.1, 0.15) is 18.6 Å². The average molecular weight is 476 g/mol. The van der Waals surface area contributed by atoms with Crippen LogP contribution >= 0.6 is 11.3 Å². The molecule has 4 rings (SSSR count). The number of hydrogen-bond acceptors (Lipinski definition) is 7. The summed E-state index contributed by atoms with van der Waals surface area (Å²) >= 11 is 0.767. The number of fused-ring (bicyclic) bond motifs is 1. The Bertz CT molecular complexity index is 1120. The molecule has 0 aliphatic carbocycles. The number of pyridine rings is 1. The summed E-state index contributed by atoms with van der Waals surface area (Å²) in [4.78, 5) is 16.4. The van der Waals surface area contributed by atoms with Crippen LogP contribution in [0.4, 0.5) is 0 Å². The van der Waals surface area contributed by atoms with Crippen LogP contribution in [0, 0.1) is 0 Å². The third-order valence-electron chi connectivity index (χ3n) is 5.68. The van der Waals surface area contributed by atoms with Crippen molar-refractivity contribution in [3.63, 3.8) is 0 Å². The molecule has 3 heterocycles. The maximum absolute atomic E-state index is 12.9. The van der Waals surface area contributed by atoms with Crippen LogP contribution in [0.5, 0.6) is 5.75 Å². The maximum Gasteiger partial charge on any atom is 0.259 e. The van der Waals surface area contributed by atoms with Crippen LogP contribution in [0.2, 0.25) is 0 Å². The molecule has 0 bridgehead atoms. The predicted molar refractivity (Wildman–Crippen MR) is 131 cm³/mol. The Balaban J connectivity index is 1.61. The van der Waals surface area contributed by atoms with Crippen molar-refractivity contribution in [2.24, 2.45) is 7.05 Å². The first kappa shape index (κ1) is 23.3. The second-order valence-corrected chi connectivity index (χ2v) is 10.4. The lowest BCUT2D eigenvalue weighted by Crippen LogP contribution is -2.47. The van der Waals surface area contributed by atoms with Crippen LogP contribution in [0.3, 0.4) is 0 Å². The van der Waals surface area contributed by atoms with E-state index in [2.05, 4.69) is 4.90 Å². The van der Waals surface area contributed by atoms with Gasteiger partial charge in [-0.2, -0.15) is 0 Å². The average Bonchev–Trinajstić information content (AvgIpc) is 3.21. The molecule has 0 amide bonds. The van der Waals surface area contributed by atoms with Gasteiger partial charge in [0.05, 0.1) is 25.1 Å². The molecule has 0 spiro atoms. The molecule has 1 fully saturated rings. The van der Waals surface area contributed by atoms with Crippen molar-refractivity contribution in [2.75, 3.05) is 52.8 Å². The number of aromatic nitrogens is 1. The molecule has 2 aromatic heterocycles. The summed E-state index contributed by atoms with van der Waals surface area (Å²) in [5.41, 5.74) is 2.07. The van der Waals surface area contributed by atoms with Gasteiger partial charge in [-0.1, -0.05) is 12.1 Å². The van der Waals surface area contributed by atoms with E-state index in [9.17, 15) is 9.35 Å². The SMILES string of the molecule is COCCOc1cccc(-c2cn(C)c(=O)c3cc(CN4CCN([S+](C)[O-])CC4)sc23)c1. The quantitative estimate of drug-likeness (QED) is 0.369. The van der Waals surface area contributed by atoms with Gasteiger partial charge in [0.2, 0.25) is 0 Å². The number of hydrogen-bond donors (Lipinski definition) is 0. The number of nitrogens with zero attached hydrogens (tertiary/aromatic N) is 3. The topological polar surface area (TPSA) is 70.0 Å². The lowest BCUT2D eigenvalue weighted by Gasteiger charge is -2.32. The number of piperazine rings is 1. The molecule has 32 heavy (non-hydrogen) atoms. The maximum atomic E-state index is 12.9. The van der Waals surface area contributed by atoms with E-state index in [-0.39, 0.29) is 5.56 Å². The van der Waals surface area contributed by atoms with Crippen LogP contribution in [0.15, 0.2) is 41.3 Å². The first-order valence-corrected chi connectivity index (χ1v) is 12.9. The van der Waals surface area contributed by atoms with Gasteiger partial charge in [-0.3, -0.25) is 9.69 Å². The minimum atomic E-state index is -0.913. The lowest BCUT2D eigenvalue weighted by atomic mass is 10.1. The normalized spacial score (nSPS) is 16.5. The zero-order valence-corrected chi connectivity index (χ0v) is 20.3. The van der Waals surface area contributed by atoms with E-state index in [4.69, 9.17) is 9.47 Å². The summed E-state index contributed by atoms with van der Waals surface area (Å²) < 4.78 is 27.2. The van der Waals surface area contributed by atoms with E-state index in [1.807, 2.05) is 40.8 Å². The first-order valence-electron chi connectivity index (χ1n) is 10.6. The molecule has 9 heteroatoms. The zero-order valence-electron chi connectivity index (χ0n) is 18.7. The molecular formula is C23H29N3O4S2. The molecule has 172 valence electrons. The fraction of sp³-hybridized carbons (Fsp3) is 0.435. The molecule has 3 aromatic rings. The van der Waals surface area contributed by atoms with Crippen LogP contribution in [0.1, 0.15) is 4.88 Å². The highest BCUT2D eigenvalue weighted by Crippen LogP contribution is 2.35. The summed E-state index contributed by atoms with van der Waals surface area (Å²) in [5.74, 6) is 0.782. The highest BCUT2D eigenvalue weighted by Gasteiger charge is 2.23. The van der Waals surface area contributed by atoms with Crippen molar-refractivity contribution in [2.45, 2.75) is 6.54 Å². The Hall–Kier alpha value is -1.88. The minimum absolute atomic E-state index is 0.0185. The largest absolute Gasteiger partial charge is 0.598 e. The number of rotatable bonds is 8. The van der Waals surface area contributed by atoms with E-state index in [0.717, 1.165) is 59.7 Å². The number of ether oxygens (including phenoxy) is 2. The molecule has 0 radical (unpaired) electrons. The highest BCUT2D eigenvalue weighted by atomic mass is 32.2. The van der Waals surface area contributed by atoms with Crippen LogP contribution in [0.25, 0.3) is 21.2 Å². The second-order valence-electron chi connectivity index (χ2n) is 7.91. The predicted octanol–water partition coefficient (Wildman–Crippen LogP) is 2.70. The van der Waals surface area contributed by atoms with Crippen molar-refractivity contribution in [3.8, 4) is 16.9 Å². The Kier molecular flexibility index (Phi) is 7.55. The van der Waals surface area contributed by atoms with E-state index >= 15 is 0 Å². The second kappa shape index (κ2) is 10.4. The van der Waals surface area contributed by atoms with Gasteiger partial charge in [0.25, 0.3) is 5.56 Å². The Labute approximate surface area is 195 Å². The van der Waals surface area contributed by atoms with Crippen LogP contribution < -0.4 is 10.3 Å². The fourth-order valence-electron chi connectivity index (χ4n) is 3.95. The molecular weight excluding hydrogens is 446 g/mol. The summed E-state index contributed by atoms with van der Waals surface area (Å²) in [6.07, 6.45) is 3.64. The summed E-state index contributed by atoms with van der Waals surface area (Å²) in [6.45, 7) is 5.18. The van der Waals surface area contributed by atoms with Crippen LogP contribution in [-0.4, -0.2) is 71.1 Å². The van der Waals surface area contributed by atoms with E-state index < -0.39 is 11.4 Å². The molecule has 1 aromatic carbocycles. The monoisotopic (exact) mass is 475 g/mol. The van der Waals surface area contributed by atoms with Crippen molar-refractivity contribution in [3.05, 3.63) is 51.8 Å². The number of benzene rings is 1. The third kappa shape index (κ3) is 5.19. The molecule has 7 nitrogen and oxygen atoms in total. The van der Waals surface area contributed by atoms with Gasteiger partial charge >= 0.3 is 0 Å². The van der Waals surface area contributed by atoms with Crippen molar-refractivity contribution in [1.82, 2.24) is 13.8 Å². The number of thiophene rings is 1. The summed E-state index contributed by atoms with van der Waals surface area (Å²) in [7, 11) is 3.45. The van der Waals surface area contributed by atoms with Crippen molar-refractivity contribution >= 4 is 32.8 Å². The standard InChI is InChI=1S/C23H29N3O4S2/c1-24-16-21(17-5-4-6-18(13-17)30-12-11-29-2)22-20(23(24)27)14-19(31-22)15-25-7-9-26(10-8-25)32(3)28/h4-6,13-14,16H,7-12,15H2,1-3H3.